The van der Waals surface area contributed by atoms with E-state index in [-0.39, 0.29) is 5.39 Å². The summed E-state index contributed by atoms with van der Waals surface area (Å²) in [4.78, 5) is 0. The van der Waals surface area contributed by atoms with Gasteiger partial charge in [-0.05, 0) is 85.2 Å². The lowest BCUT2D eigenvalue weighted by Gasteiger charge is -2.25. The van der Waals surface area contributed by atoms with E-state index in [1.54, 1.807) is 12.1 Å². The number of alkyl halides is 3. The zero-order valence-electron chi connectivity index (χ0n) is 18.4. The zero-order valence-corrected chi connectivity index (χ0v) is 18.4. The SMILES string of the molecule is C=CCCC1CCC(C#Cc2ccc(-c3ccc4c(F)c(C(F)(F)F)ccc4c3)cc2)CC1. The highest BCUT2D eigenvalue weighted by Crippen LogP contribution is 2.36. The molecule has 4 rings (SSSR count). The Morgan fingerprint density at radius 3 is 2.27 bits per heavy atom. The Morgan fingerprint density at radius 1 is 0.909 bits per heavy atom. The van der Waals surface area contributed by atoms with Crippen LogP contribution < -0.4 is 0 Å². The van der Waals surface area contributed by atoms with Gasteiger partial charge in [-0.1, -0.05) is 48.2 Å². The molecule has 0 bridgehead atoms. The van der Waals surface area contributed by atoms with Crippen molar-refractivity contribution in [2.45, 2.75) is 44.7 Å². The number of benzene rings is 3. The Bertz CT molecular complexity index is 1180. The van der Waals surface area contributed by atoms with E-state index in [4.69, 9.17) is 0 Å². The lowest BCUT2D eigenvalue weighted by atomic mass is 9.80. The summed E-state index contributed by atoms with van der Waals surface area (Å²) in [6.07, 6.45) is 4.38. The van der Waals surface area contributed by atoms with Crippen molar-refractivity contribution < 1.29 is 17.6 Å². The summed E-state index contributed by atoms with van der Waals surface area (Å²) in [6, 6.07) is 14.7. The number of rotatable bonds is 4. The first-order valence-electron chi connectivity index (χ1n) is 11.4. The van der Waals surface area contributed by atoms with Crippen LogP contribution >= 0.6 is 0 Å². The molecule has 1 aliphatic rings. The van der Waals surface area contributed by atoms with Gasteiger partial charge < -0.3 is 0 Å². The van der Waals surface area contributed by atoms with Crippen molar-refractivity contribution in [3.05, 3.63) is 84.2 Å². The van der Waals surface area contributed by atoms with E-state index in [9.17, 15) is 17.6 Å². The molecule has 3 aromatic rings. The van der Waals surface area contributed by atoms with Gasteiger partial charge in [-0.15, -0.1) is 6.58 Å². The highest BCUT2D eigenvalue weighted by molar-refractivity contribution is 5.88. The number of allylic oxidation sites excluding steroid dienone is 1. The standard InChI is InChI=1S/C29H26F4/c1-2-3-4-20-5-7-21(8-6-20)9-10-22-11-13-23(14-12-22)24-15-17-26-25(19-24)16-18-27(28(26)30)29(31,32)33/h2,11-21H,1,3-8H2. The third-order valence-corrected chi connectivity index (χ3v) is 6.52. The lowest BCUT2D eigenvalue weighted by Crippen LogP contribution is -2.13. The molecule has 0 aromatic heterocycles. The molecule has 4 heteroatoms. The number of hydrogen-bond donors (Lipinski definition) is 0. The van der Waals surface area contributed by atoms with Crippen molar-refractivity contribution >= 4 is 10.8 Å². The van der Waals surface area contributed by atoms with Gasteiger partial charge in [-0.3, -0.25) is 0 Å². The van der Waals surface area contributed by atoms with Crippen molar-refractivity contribution in [3.63, 3.8) is 0 Å². The van der Waals surface area contributed by atoms with Crippen LogP contribution in [0.4, 0.5) is 17.6 Å². The maximum atomic E-state index is 14.3. The average Bonchev–Trinajstić information content (AvgIpc) is 2.81. The fourth-order valence-corrected chi connectivity index (χ4v) is 4.57. The number of fused-ring (bicyclic) bond motifs is 1. The maximum Gasteiger partial charge on any atom is 0.419 e. The van der Waals surface area contributed by atoms with E-state index in [0.717, 1.165) is 47.9 Å². The number of halogens is 4. The second kappa shape index (κ2) is 9.83. The summed E-state index contributed by atoms with van der Waals surface area (Å²) in [5, 5.41) is 0.404. The lowest BCUT2D eigenvalue weighted by molar-refractivity contribution is -0.139. The predicted molar refractivity (Wildman–Crippen MR) is 126 cm³/mol. The normalized spacial score (nSPS) is 18.5. The molecule has 0 heterocycles. The molecule has 0 nitrogen and oxygen atoms in total. The first-order chi connectivity index (χ1) is 15.8. The molecule has 33 heavy (non-hydrogen) atoms. The number of hydrogen-bond acceptors (Lipinski definition) is 0. The van der Waals surface area contributed by atoms with Gasteiger partial charge in [-0.25, -0.2) is 4.39 Å². The Balaban J connectivity index is 1.45. The molecule has 1 aliphatic carbocycles. The maximum absolute atomic E-state index is 14.3. The van der Waals surface area contributed by atoms with Crippen LogP contribution in [0.25, 0.3) is 21.9 Å². The topological polar surface area (TPSA) is 0 Å². The van der Waals surface area contributed by atoms with E-state index < -0.39 is 17.6 Å². The Morgan fingerprint density at radius 2 is 1.61 bits per heavy atom. The highest BCUT2D eigenvalue weighted by atomic mass is 19.4. The van der Waals surface area contributed by atoms with E-state index in [1.807, 2.05) is 30.3 Å². The highest BCUT2D eigenvalue weighted by Gasteiger charge is 2.34. The summed E-state index contributed by atoms with van der Waals surface area (Å²) in [5.74, 6) is 6.72. The first kappa shape index (κ1) is 23.1. The summed E-state index contributed by atoms with van der Waals surface area (Å²) < 4.78 is 53.2. The van der Waals surface area contributed by atoms with Crippen LogP contribution in [0.3, 0.4) is 0 Å². The quantitative estimate of drug-likeness (QED) is 0.212. The van der Waals surface area contributed by atoms with Gasteiger partial charge >= 0.3 is 6.18 Å². The Hall–Kier alpha value is -3.06. The van der Waals surface area contributed by atoms with Crippen LogP contribution in [-0.4, -0.2) is 0 Å². The van der Waals surface area contributed by atoms with E-state index in [1.165, 1.54) is 31.4 Å². The molecule has 0 aliphatic heterocycles. The molecule has 0 radical (unpaired) electrons. The molecule has 0 amide bonds. The van der Waals surface area contributed by atoms with Crippen molar-refractivity contribution in [3.8, 4) is 23.0 Å². The van der Waals surface area contributed by atoms with Crippen molar-refractivity contribution in [2.24, 2.45) is 11.8 Å². The second-order valence-corrected chi connectivity index (χ2v) is 8.79. The molecular formula is C29H26F4. The van der Waals surface area contributed by atoms with Crippen LogP contribution in [-0.2, 0) is 6.18 Å². The largest absolute Gasteiger partial charge is 0.419 e. The van der Waals surface area contributed by atoms with E-state index in [0.29, 0.717) is 11.3 Å². The van der Waals surface area contributed by atoms with E-state index in [2.05, 4.69) is 18.4 Å². The smallest absolute Gasteiger partial charge is 0.206 e. The predicted octanol–water partition coefficient (Wildman–Crippen LogP) is 8.79. The molecule has 3 aromatic carbocycles. The summed E-state index contributed by atoms with van der Waals surface area (Å²) in [7, 11) is 0. The van der Waals surface area contributed by atoms with Gasteiger partial charge in [-0.2, -0.15) is 13.2 Å². The van der Waals surface area contributed by atoms with Gasteiger partial charge in [0, 0.05) is 16.9 Å². The Labute approximate surface area is 192 Å². The monoisotopic (exact) mass is 450 g/mol. The van der Waals surface area contributed by atoms with Crippen LogP contribution in [0.1, 0.15) is 49.7 Å². The van der Waals surface area contributed by atoms with Crippen LogP contribution in [0.2, 0.25) is 0 Å². The third-order valence-electron chi connectivity index (χ3n) is 6.52. The Kier molecular flexibility index (Phi) is 6.88. The fourth-order valence-electron chi connectivity index (χ4n) is 4.57. The van der Waals surface area contributed by atoms with Crippen molar-refractivity contribution in [1.29, 1.82) is 0 Å². The first-order valence-corrected chi connectivity index (χ1v) is 11.4. The molecule has 170 valence electrons. The van der Waals surface area contributed by atoms with Crippen LogP contribution in [0, 0.1) is 29.5 Å². The molecular weight excluding hydrogens is 424 g/mol. The van der Waals surface area contributed by atoms with Crippen molar-refractivity contribution in [1.82, 2.24) is 0 Å². The fraction of sp³-hybridized carbons (Fsp3) is 0.310. The van der Waals surface area contributed by atoms with Crippen molar-refractivity contribution in [2.75, 3.05) is 0 Å². The summed E-state index contributed by atoms with van der Waals surface area (Å²) in [5.41, 5.74) is 1.43. The third kappa shape index (κ3) is 5.47. The van der Waals surface area contributed by atoms with Gasteiger partial charge in [0.25, 0.3) is 0 Å². The minimum atomic E-state index is -4.71. The van der Waals surface area contributed by atoms with Gasteiger partial charge in [0.05, 0.1) is 5.56 Å². The van der Waals surface area contributed by atoms with Crippen LogP contribution in [0.15, 0.2) is 67.3 Å². The second-order valence-electron chi connectivity index (χ2n) is 8.79. The minimum absolute atomic E-state index is 0.0322. The summed E-state index contributed by atoms with van der Waals surface area (Å²) >= 11 is 0. The average molecular weight is 451 g/mol. The van der Waals surface area contributed by atoms with Crippen LogP contribution in [0.5, 0.6) is 0 Å². The van der Waals surface area contributed by atoms with Gasteiger partial charge in [0.2, 0.25) is 0 Å². The zero-order chi connectivity index (χ0) is 23.4. The molecule has 0 spiro atoms. The molecule has 1 fully saturated rings. The molecule has 1 saturated carbocycles. The molecule has 0 atom stereocenters. The van der Waals surface area contributed by atoms with Gasteiger partial charge in [0.15, 0.2) is 0 Å². The minimum Gasteiger partial charge on any atom is -0.206 e. The molecule has 0 unspecified atom stereocenters. The van der Waals surface area contributed by atoms with Gasteiger partial charge in [0.1, 0.15) is 5.82 Å². The van der Waals surface area contributed by atoms with E-state index >= 15 is 0 Å². The molecule has 0 N–H and O–H groups in total. The summed E-state index contributed by atoms with van der Waals surface area (Å²) in [6.45, 7) is 3.80. The molecule has 0 saturated heterocycles.